The van der Waals surface area contributed by atoms with Crippen LogP contribution in [-0.4, -0.2) is 63.6 Å². The zero-order chi connectivity index (χ0) is 40.5. The van der Waals surface area contributed by atoms with Crippen molar-refractivity contribution >= 4 is 64.2 Å². The number of hydrogen-bond donors (Lipinski definition) is 4. The van der Waals surface area contributed by atoms with E-state index in [1.54, 1.807) is 55.5 Å². The van der Waals surface area contributed by atoms with E-state index in [0.29, 0.717) is 27.5 Å². The highest BCUT2D eigenvalue weighted by atomic mass is 35.5. The van der Waals surface area contributed by atoms with Gasteiger partial charge in [-0.3, -0.25) is 24.6 Å². The number of amides is 4. The number of benzene rings is 4. The number of carbonyl (C=O) groups is 5. The first kappa shape index (κ1) is 37.9. The molecule has 2 aliphatic heterocycles. The highest BCUT2D eigenvalue weighted by Gasteiger charge is 2.70. The number of hydrogen-bond acceptors (Lipinski definition) is 10. The molecule has 4 N–H and O–H groups in total. The van der Waals surface area contributed by atoms with Crippen molar-refractivity contribution in [3.8, 4) is 23.0 Å². The molecule has 0 radical (unpaired) electrons. The van der Waals surface area contributed by atoms with E-state index in [2.05, 4.69) is 5.43 Å². The van der Waals surface area contributed by atoms with E-state index in [1.807, 2.05) is 6.08 Å². The maximum absolute atomic E-state index is 15.5. The van der Waals surface area contributed by atoms with E-state index in [-0.39, 0.29) is 47.3 Å². The number of hydrazine groups is 1. The van der Waals surface area contributed by atoms with Crippen molar-refractivity contribution < 1.29 is 48.8 Å². The molecule has 2 saturated heterocycles. The normalized spacial score (nSPS) is 25.1. The Bertz CT molecular complexity index is 2420. The monoisotopic (exact) mass is 811 g/mol. The zero-order valence-electron chi connectivity index (χ0n) is 30.4. The molecule has 2 aliphatic carbocycles. The molecule has 0 bridgehead atoms. The number of allylic oxidation sites excluding steroid dienone is 2. The molecule has 13 nitrogen and oxygen atoms in total. The summed E-state index contributed by atoms with van der Waals surface area (Å²) in [5, 5.41) is 32.2. The number of halogens is 2. The zero-order valence-corrected chi connectivity index (χ0v) is 32.0. The van der Waals surface area contributed by atoms with Crippen LogP contribution in [0.3, 0.4) is 0 Å². The Morgan fingerprint density at radius 3 is 2.32 bits per heavy atom. The summed E-state index contributed by atoms with van der Waals surface area (Å²) in [6.45, 7) is 1.98. The van der Waals surface area contributed by atoms with E-state index in [0.717, 1.165) is 22.0 Å². The van der Waals surface area contributed by atoms with Gasteiger partial charge in [-0.1, -0.05) is 53.1 Å². The largest absolute Gasteiger partial charge is 0.507 e. The lowest BCUT2D eigenvalue weighted by Crippen LogP contribution is -2.53. The number of carboxylic acids is 1. The van der Waals surface area contributed by atoms with E-state index in [9.17, 15) is 34.5 Å². The molecular weight excluding hydrogens is 777 g/mol. The molecule has 15 heteroatoms. The van der Waals surface area contributed by atoms with E-state index in [1.165, 1.54) is 25.3 Å². The Morgan fingerprint density at radius 1 is 0.895 bits per heavy atom. The summed E-state index contributed by atoms with van der Waals surface area (Å²) >= 11 is 12.7. The second kappa shape index (κ2) is 14.2. The predicted molar refractivity (Wildman–Crippen MR) is 207 cm³/mol. The van der Waals surface area contributed by atoms with Gasteiger partial charge in [0.1, 0.15) is 17.1 Å². The van der Waals surface area contributed by atoms with Crippen LogP contribution in [0.2, 0.25) is 10.0 Å². The van der Waals surface area contributed by atoms with Gasteiger partial charge in [0.2, 0.25) is 11.8 Å². The van der Waals surface area contributed by atoms with Crippen LogP contribution < -0.4 is 19.8 Å². The smallest absolute Gasteiger partial charge is 0.339 e. The number of anilines is 2. The Labute approximate surface area is 336 Å². The van der Waals surface area contributed by atoms with Crippen LogP contribution in [0.5, 0.6) is 23.0 Å². The highest BCUT2D eigenvalue weighted by Crippen LogP contribution is 2.64. The summed E-state index contributed by atoms with van der Waals surface area (Å²) in [6.07, 6.45) is 1.96. The molecule has 3 fully saturated rings. The molecular formula is C42H35Cl2N3O10. The summed E-state index contributed by atoms with van der Waals surface area (Å²) in [6, 6.07) is 19.7. The number of imide groups is 2. The van der Waals surface area contributed by atoms with E-state index >= 15 is 4.79 Å². The number of nitrogens with one attached hydrogen (secondary N) is 1. The molecule has 4 aromatic rings. The number of rotatable bonds is 9. The van der Waals surface area contributed by atoms with Crippen LogP contribution >= 0.6 is 23.2 Å². The van der Waals surface area contributed by atoms with Crippen molar-refractivity contribution in [2.75, 3.05) is 24.0 Å². The average Bonchev–Trinajstić information content (AvgIpc) is 3.57. The molecule has 4 aliphatic rings. The third-order valence-electron chi connectivity index (χ3n) is 11.7. The number of aromatic hydroxyl groups is 2. The minimum atomic E-state index is -1.64. The van der Waals surface area contributed by atoms with Gasteiger partial charge in [-0.25, -0.2) is 9.69 Å². The number of ether oxygens (including phenoxy) is 2. The predicted octanol–water partition coefficient (Wildman–Crippen LogP) is 6.70. The number of carboxylic acid groups (broad SMARTS) is 1. The van der Waals surface area contributed by atoms with Gasteiger partial charge in [0, 0.05) is 17.0 Å². The molecule has 0 aromatic heterocycles. The highest BCUT2D eigenvalue weighted by molar-refractivity contribution is 6.36. The lowest BCUT2D eigenvalue weighted by molar-refractivity contribution is -0.138. The Balaban J connectivity index is 1.32. The molecule has 8 rings (SSSR count). The molecule has 1 saturated carbocycles. The summed E-state index contributed by atoms with van der Waals surface area (Å²) < 4.78 is 11.3. The Hall–Kier alpha value is -6.05. The van der Waals surface area contributed by atoms with Crippen molar-refractivity contribution in [3.63, 3.8) is 0 Å². The summed E-state index contributed by atoms with van der Waals surface area (Å²) in [4.78, 5) is 71.8. The lowest BCUT2D eigenvalue weighted by Gasteiger charge is -2.50. The molecule has 2 heterocycles. The molecule has 0 spiro atoms. The Kier molecular flexibility index (Phi) is 9.40. The van der Waals surface area contributed by atoms with Crippen LogP contribution in [0.1, 0.15) is 47.2 Å². The molecule has 292 valence electrons. The van der Waals surface area contributed by atoms with Crippen LogP contribution in [0.15, 0.2) is 90.5 Å². The first-order valence-corrected chi connectivity index (χ1v) is 18.9. The number of phenols is 2. The summed E-state index contributed by atoms with van der Waals surface area (Å²) in [5.41, 5.74) is 2.81. The fourth-order valence-corrected chi connectivity index (χ4v) is 9.74. The van der Waals surface area contributed by atoms with Crippen molar-refractivity contribution in [2.24, 2.45) is 23.7 Å². The topological polar surface area (TPSA) is 183 Å². The van der Waals surface area contributed by atoms with Gasteiger partial charge in [0.25, 0.3) is 11.8 Å². The molecule has 57 heavy (non-hydrogen) atoms. The third kappa shape index (κ3) is 5.78. The number of fused-ring (bicyclic) bond motifs is 4. The maximum atomic E-state index is 15.5. The first-order chi connectivity index (χ1) is 27.3. The fourth-order valence-electron chi connectivity index (χ4n) is 9.29. The SMILES string of the molecule is CCOc1cc([C@H]2C3=CC[C@@H]4C(=O)N(c5ccc(C(=O)O)c(O)c5)C(=O)[C@@H]4[C@@H]3C[C@H]3C(=O)N(Nc4ccc(Cl)cc4Cl)C(=O)[C@@]23c2ccc(OC)cc2)ccc1O. The average molecular weight is 813 g/mol. The number of carbonyl (C=O) groups excluding carboxylic acids is 4. The standard InChI is InChI=1S/C42H35Cl2N3O10/c1-3-57-34-16-20(4-15-32(34)48)36-25-12-13-27-35(39(52)46(37(27)50)23-8-11-26(40(53)54)33(49)18-23)28(25)19-29-38(51)47(45-31-14-7-22(43)17-30(31)44)41(55)42(29,36)21-5-9-24(56-2)10-6-21/h4-12,14-18,27-29,35-36,45,48-49H,3,13,19H2,1-2H3,(H,53,54)/t27-,28+,29-,35-,36-,42+/m0/s1. The fraction of sp³-hybridized carbons (Fsp3) is 0.262. The lowest BCUT2D eigenvalue weighted by atomic mass is 9.49. The van der Waals surface area contributed by atoms with Crippen molar-refractivity contribution in [1.82, 2.24) is 5.01 Å². The quantitative estimate of drug-likeness (QED) is 0.104. The summed E-state index contributed by atoms with van der Waals surface area (Å²) in [7, 11) is 1.51. The van der Waals surface area contributed by atoms with Gasteiger partial charge < -0.3 is 24.8 Å². The second-order valence-corrected chi connectivity index (χ2v) is 15.2. The minimum Gasteiger partial charge on any atom is -0.507 e. The molecule has 6 atom stereocenters. The minimum absolute atomic E-state index is 0.00520. The van der Waals surface area contributed by atoms with Gasteiger partial charge in [-0.2, -0.15) is 5.01 Å². The maximum Gasteiger partial charge on any atom is 0.339 e. The van der Waals surface area contributed by atoms with E-state index in [4.69, 9.17) is 32.7 Å². The van der Waals surface area contributed by atoms with Crippen LogP contribution in [0, 0.1) is 23.7 Å². The Morgan fingerprint density at radius 2 is 1.65 bits per heavy atom. The number of aromatic carboxylic acids is 1. The molecule has 4 amide bonds. The van der Waals surface area contributed by atoms with Crippen LogP contribution in [0.4, 0.5) is 11.4 Å². The van der Waals surface area contributed by atoms with Crippen LogP contribution in [0.25, 0.3) is 0 Å². The second-order valence-electron chi connectivity index (χ2n) is 14.4. The van der Waals surface area contributed by atoms with Gasteiger partial charge in [0.05, 0.1) is 53.3 Å². The van der Waals surface area contributed by atoms with Gasteiger partial charge in [-0.15, -0.1) is 0 Å². The summed E-state index contributed by atoms with van der Waals surface area (Å²) in [5.74, 6) is -8.41. The molecule has 0 unspecified atom stereocenters. The van der Waals surface area contributed by atoms with Gasteiger partial charge >= 0.3 is 5.97 Å². The van der Waals surface area contributed by atoms with Crippen molar-refractivity contribution in [3.05, 3.63) is 117 Å². The molecule has 4 aromatic carbocycles. The third-order valence-corrected chi connectivity index (χ3v) is 12.2. The van der Waals surface area contributed by atoms with Crippen LogP contribution in [-0.2, 0) is 24.6 Å². The number of nitrogens with zero attached hydrogens (tertiary/aromatic N) is 2. The first-order valence-electron chi connectivity index (χ1n) is 18.2. The van der Waals surface area contributed by atoms with Crippen molar-refractivity contribution in [1.29, 1.82) is 0 Å². The number of phenolic OH excluding ortho intramolecular Hbond substituents is 1. The van der Waals surface area contributed by atoms with Crippen molar-refractivity contribution in [2.45, 2.75) is 31.1 Å². The van der Waals surface area contributed by atoms with Gasteiger partial charge in [-0.05, 0) is 91.4 Å². The van der Waals surface area contributed by atoms with Gasteiger partial charge in [0.15, 0.2) is 11.5 Å². The van der Waals surface area contributed by atoms with E-state index < -0.39 is 75.9 Å². The number of methoxy groups -OCH3 is 1.